The van der Waals surface area contributed by atoms with Crippen LogP contribution in [-0.2, 0) is 14.4 Å². The van der Waals surface area contributed by atoms with Crippen LogP contribution in [-0.4, -0.2) is 112 Å². The molecule has 0 aromatic rings. The van der Waals surface area contributed by atoms with Crippen molar-refractivity contribution < 1.29 is 29.7 Å². The van der Waals surface area contributed by atoms with Gasteiger partial charge in [0, 0.05) is 31.7 Å². The summed E-state index contributed by atoms with van der Waals surface area (Å²) >= 11 is 0. The molecule has 0 amide bonds. The Morgan fingerprint density at radius 3 is 2.29 bits per heavy atom. The maximum Gasteiger partial charge on any atom is 0.320 e. The summed E-state index contributed by atoms with van der Waals surface area (Å²) in [4.78, 5) is 39.9. The lowest BCUT2D eigenvalue weighted by Crippen LogP contribution is -2.60. The second-order valence-electron chi connectivity index (χ2n) is 7.62. The number of likely N-dealkylation sites (N-methyl/N-ethyl adjacent to an activating group) is 1. The molecule has 10 nitrogen and oxygen atoms in total. The number of nitrogens with zero attached hydrogens (tertiary/aromatic N) is 3. The van der Waals surface area contributed by atoms with E-state index < -0.39 is 29.5 Å². The second-order valence-corrected chi connectivity index (χ2v) is 7.62. The van der Waals surface area contributed by atoms with Crippen LogP contribution in [0.3, 0.4) is 0 Å². The van der Waals surface area contributed by atoms with Crippen LogP contribution in [0.2, 0.25) is 0 Å². The number of hydrogen-bond acceptors (Lipinski definition) is 7. The molecular weight excluding hydrogens is 368 g/mol. The first-order valence-corrected chi connectivity index (χ1v) is 9.71. The largest absolute Gasteiger partial charge is 0.480 e. The number of nitrogens with two attached hydrogens (primary N) is 1. The minimum Gasteiger partial charge on any atom is -0.480 e. The van der Waals surface area contributed by atoms with E-state index in [0.717, 1.165) is 6.42 Å². The molecule has 1 fully saturated rings. The summed E-state index contributed by atoms with van der Waals surface area (Å²) in [7, 11) is 0. The zero-order valence-corrected chi connectivity index (χ0v) is 16.8. The van der Waals surface area contributed by atoms with Crippen molar-refractivity contribution in [1.29, 1.82) is 0 Å². The van der Waals surface area contributed by atoms with Crippen molar-refractivity contribution in [3.8, 4) is 0 Å². The van der Waals surface area contributed by atoms with Crippen LogP contribution in [0, 0.1) is 0 Å². The lowest BCUT2D eigenvalue weighted by atomic mass is 9.96. The third-order valence-electron chi connectivity index (χ3n) is 5.30. The molecule has 10 heteroatoms. The van der Waals surface area contributed by atoms with E-state index in [1.165, 1.54) is 0 Å². The first-order valence-electron chi connectivity index (χ1n) is 9.71. The molecule has 1 rings (SSSR count). The molecule has 28 heavy (non-hydrogen) atoms. The summed E-state index contributed by atoms with van der Waals surface area (Å²) < 4.78 is 0. The average Bonchev–Trinajstić information content (AvgIpc) is 2.75. The van der Waals surface area contributed by atoms with Gasteiger partial charge in [-0.1, -0.05) is 13.3 Å². The third-order valence-corrected chi connectivity index (χ3v) is 5.30. The summed E-state index contributed by atoms with van der Waals surface area (Å²) in [5.74, 6) is -2.86. The van der Waals surface area contributed by atoms with Crippen molar-refractivity contribution >= 4 is 17.9 Å². The minimum absolute atomic E-state index is 0.168. The molecule has 0 aliphatic carbocycles. The zero-order valence-electron chi connectivity index (χ0n) is 16.8. The Bertz CT molecular complexity index is 546. The third kappa shape index (κ3) is 7.34. The van der Waals surface area contributed by atoms with Gasteiger partial charge in [0.05, 0.1) is 13.1 Å². The number of rotatable bonds is 12. The van der Waals surface area contributed by atoms with Gasteiger partial charge in [-0.3, -0.25) is 29.1 Å². The van der Waals surface area contributed by atoms with Gasteiger partial charge in [0.1, 0.15) is 6.04 Å². The molecule has 1 heterocycles. The van der Waals surface area contributed by atoms with Crippen LogP contribution in [0.1, 0.15) is 33.1 Å². The van der Waals surface area contributed by atoms with Gasteiger partial charge in [0.2, 0.25) is 0 Å². The quantitative estimate of drug-likeness (QED) is 0.313. The van der Waals surface area contributed by atoms with Crippen molar-refractivity contribution in [1.82, 2.24) is 14.7 Å². The van der Waals surface area contributed by atoms with Crippen LogP contribution in [0.15, 0.2) is 0 Å². The fourth-order valence-electron chi connectivity index (χ4n) is 3.98. The van der Waals surface area contributed by atoms with Gasteiger partial charge >= 0.3 is 17.9 Å². The highest BCUT2D eigenvalue weighted by atomic mass is 16.4. The fourth-order valence-corrected chi connectivity index (χ4v) is 3.98. The van der Waals surface area contributed by atoms with E-state index >= 15 is 0 Å². The number of carboxylic acid groups (broad SMARTS) is 3. The lowest BCUT2D eigenvalue weighted by Gasteiger charge is -2.43. The van der Waals surface area contributed by atoms with Gasteiger partial charge in [-0.2, -0.15) is 0 Å². The molecule has 5 N–H and O–H groups in total. The van der Waals surface area contributed by atoms with Gasteiger partial charge in [0.25, 0.3) is 0 Å². The SMILES string of the molecule is CCN(CC(=O)O)C1(C)CN(CC(=O)O)CCN(C(CCCCN)C(=O)O)C1. The Hall–Kier alpha value is -1.75. The van der Waals surface area contributed by atoms with Gasteiger partial charge in [-0.05, 0) is 32.9 Å². The zero-order chi connectivity index (χ0) is 21.3. The Morgan fingerprint density at radius 1 is 1.11 bits per heavy atom. The molecule has 162 valence electrons. The summed E-state index contributed by atoms with van der Waals surface area (Å²) in [5.41, 5.74) is 4.83. The van der Waals surface area contributed by atoms with Gasteiger partial charge in [-0.25, -0.2) is 0 Å². The molecule has 0 saturated carbocycles. The molecule has 0 aromatic heterocycles. The molecule has 0 bridgehead atoms. The molecule has 1 aliphatic heterocycles. The van der Waals surface area contributed by atoms with E-state index in [9.17, 15) is 29.7 Å². The van der Waals surface area contributed by atoms with E-state index in [2.05, 4.69) is 0 Å². The smallest absolute Gasteiger partial charge is 0.320 e. The first kappa shape index (κ1) is 24.3. The van der Waals surface area contributed by atoms with E-state index in [1.807, 2.05) is 18.7 Å². The number of hydrogen-bond donors (Lipinski definition) is 4. The van der Waals surface area contributed by atoms with Crippen LogP contribution in [0.4, 0.5) is 0 Å². The predicted octanol–water partition coefficient (Wildman–Crippen LogP) is -0.564. The highest BCUT2D eigenvalue weighted by Crippen LogP contribution is 2.24. The molecule has 2 unspecified atom stereocenters. The van der Waals surface area contributed by atoms with Crippen LogP contribution < -0.4 is 5.73 Å². The van der Waals surface area contributed by atoms with Crippen molar-refractivity contribution in [3.63, 3.8) is 0 Å². The van der Waals surface area contributed by atoms with E-state index in [-0.39, 0.29) is 13.1 Å². The second kappa shape index (κ2) is 11.3. The fraction of sp³-hybridized carbons (Fsp3) is 0.833. The molecular formula is C18H34N4O6. The van der Waals surface area contributed by atoms with Crippen molar-refractivity contribution in [2.24, 2.45) is 5.73 Å². The number of aliphatic carboxylic acids is 3. The Morgan fingerprint density at radius 2 is 1.79 bits per heavy atom. The van der Waals surface area contributed by atoms with E-state index in [4.69, 9.17) is 5.73 Å². The van der Waals surface area contributed by atoms with Crippen molar-refractivity contribution in [2.75, 3.05) is 52.4 Å². The summed E-state index contributed by atoms with van der Waals surface area (Å²) in [5, 5.41) is 28.2. The molecule has 0 spiro atoms. The maximum atomic E-state index is 11.9. The molecule has 0 radical (unpaired) electrons. The molecule has 0 aromatic carbocycles. The van der Waals surface area contributed by atoms with Crippen LogP contribution in [0.25, 0.3) is 0 Å². The van der Waals surface area contributed by atoms with Crippen LogP contribution in [0.5, 0.6) is 0 Å². The lowest BCUT2D eigenvalue weighted by molar-refractivity contribution is -0.145. The minimum atomic E-state index is -0.971. The van der Waals surface area contributed by atoms with Crippen LogP contribution >= 0.6 is 0 Å². The van der Waals surface area contributed by atoms with Crippen molar-refractivity contribution in [3.05, 3.63) is 0 Å². The first-order chi connectivity index (χ1) is 13.1. The van der Waals surface area contributed by atoms with Gasteiger partial charge in [0.15, 0.2) is 0 Å². The van der Waals surface area contributed by atoms with Gasteiger partial charge in [-0.15, -0.1) is 0 Å². The number of unbranched alkanes of at least 4 members (excludes halogenated alkanes) is 1. The molecule has 2 atom stereocenters. The summed E-state index contributed by atoms with van der Waals surface area (Å²) in [6, 6.07) is -0.709. The molecule has 1 saturated heterocycles. The topological polar surface area (TPSA) is 148 Å². The van der Waals surface area contributed by atoms with Gasteiger partial charge < -0.3 is 21.1 Å². The Kier molecular flexibility index (Phi) is 9.80. The average molecular weight is 402 g/mol. The Labute approximate surface area is 165 Å². The summed E-state index contributed by atoms with van der Waals surface area (Å²) in [6.07, 6.45) is 1.87. The number of carboxylic acids is 3. The molecule has 1 aliphatic rings. The highest BCUT2D eigenvalue weighted by Gasteiger charge is 2.41. The normalized spacial score (nSPS) is 22.7. The Balaban J connectivity index is 3.13. The van der Waals surface area contributed by atoms with Crippen molar-refractivity contribution in [2.45, 2.75) is 44.7 Å². The summed E-state index contributed by atoms with van der Waals surface area (Å²) in [6.45, 7) is 5.86. The highest BCUT2D eigenvalue weighted by molar-refractivity contribution is 5.73. The number of carbonyl (C=O) groups is 3. The maximum absolute atomic E-state index is 11.9. The predicted molar refractivity (Wildman–Crippen MR) is 103 cm³/mol. The monoisotopic (exact) mass is 402 g/mol. The van der Waals surface area contributed by atoms with E-state index in [1.54, 1.807) is 9.80 Å². The standard InChI is InChI=1S/C18H34N4O6/c1-3-22(11-16(25)26)18(2)12-20(10-15(23)24)8-9-21(13-18)14(17(27)28)6-4-5-7-19/h14H,3-13,19H2,1-2H3,(H,23,24)(H,25,26)(H,27,28). The van der Waals surface area contributed by atoms with E-state index in [0.29, 0.717) is 52.1 Å².